The molecule has 1 aliphatic rings. The standard InChI is InChI=1S/C16H21N5O2/c1-11-4-3-6-17-14(11)9-18-16(22)20-13-5-7-23-15(13)12-8-19-21(2)10-12/h3-4,6,8,10,13,15H,5,7,9H2,1-2H3,(H2,18,20,22)/t13-,15+/m0/s1. The van der Waals surface area contributed by atoms with E-state index in [2.05, 4.69) is 20.7 Å². The lowest BCUT2D eigenvalue weighted by atomic mass is 10.1. The molecule has 7 nitrogen and oxygen atoms in total. The summed E-state index contributed by atoms with van der Waals surface area (Å²) in [5.74, 6) is 0. The number of aryl methyl sites for hydroxylation is 2. The Morgan fingerprint density at radius 2 is 2.39 bits per heavy atom. The number of amides is 2. The van der Waals surface area contributed by atoms with Crippen LogP contribution >= 0.6 is 0 Å². The zero-order chi connectivity index (χ0) is 16.2. The lowest BCUT2D eigenvalue weighted by Crippen LogP contribution is -2.43. The molecule has 0 aromatic carbocycles. The predicted molar refractivity (Wildman–Crippen MR) is 84.7 cm³/mol. The van der Waals surface area contributed by atoms with Crippen molar-refractivity contribution in [3.63, 3.8) is 0 Å². The molecule has 2 aromatic heterocycles. The lowest BCUT2D eigenvalue weighted by molar-refractivity contribution is 0.0998. The smallest absolute Gasteiger partial charge is 0.315 e. The van der Waals surface area contributed by atoms with E-state index < -0.39 is 0 Å². The van der Waals surface area contributed by atoms with Gasteiger partial charge in [0.15, 0.2) is 0 Å². The average molecular weight is 315 g/mol. The van der Waals surface area contributed by atoms with Crippen molar-refractivity contribution in [3.8, 4) is 0 Å². The van der Waals surface area contributed by atoms with Crippen molar-refractivity contribution >= 4 is 6.03 Å². The molecule has 2 N–H and O–H groups in total. The molecule has 7 heteroatoms. The third-order valence-electron chi connectivity index (χ3n) is 4.00. The molecule has 0 aliphatic carbocycles. The predicted octanol–water partition coefficient (Wildman–Crippen LogP) is 1.45. The number of nitrogens with zero attached hydrogens (tertiary/aromatic N) is 3. The molecule has 122 valence electrons. The van der Waals surface area contributed by atoms with Crippen molar-refractivity contribution in [2.45, 2.75) is 32.0 Å². The van der Waals surface area contributed by atoms with Crippen LogP contribution in [0.1, 0.15) is 29.3 Å². The lowest BCUT2D eigenvalue weighted by Gasteiger charge is -2.19. The van der Waals surface area contributed by atoms with Gasteiger partial charge in [-0.1, -0.05) is 6.07 Å². The summed E-state index contributed by atoms with van der Waals surface area (Å²) >= 11 is 0. The highest BCUT2D eigenvalue weighted by Crippen LogP contribution is 2.28. The minimum atomic E-state index is -0.209. The Morgan fingerprint density at radius 1 is 1.52 bits per heavy atom. The number of urea groups is 1. The molecule has 0 spiro atoms. The van der Waals surface area contributed by atoms with Crippen LogP contribution in [0.2, 0.25) is 0 Å². The molecule has 0 unspecified atom stereocenters. The maximum atomic E-state index is 12.1. The molecule has 0 bridgehead atoms. The highest BCUT2D eigenvalue weighted by atomic mass is 16.5. The molecule has 2 atom stereocenters. The summed E-state index contributed by atoms with van der Waals surface area (Å²) in [6.45, 7) is 3.01. The molecule has 3 heterocycles. The third-order valence-corrected chi connectivity index (χ3v) is 4.00. The zero-order valence-electron chi connectivity index (χ0n) is 13.3. The van der Waals surface area contributed by atoms with E-state index in [1.54, 1.807) is 17.1 Å². The van der Waals surface area contributed by atoms with Crippen LogP contribution in [0.5, 0.6) is 0 Å². The summed E-state index contributed by atoms with van der Waals surface area (Å²) in [7, 11) is 1.86. The summed E-state index contributed by atoms with van der Waals surface area (Å²) in [5, 5.41) is 10.0. The van der Waals surface area contributed by atoms with E-state index in [1.807, 2.05) is 32.3 Å². The van der Waals surface area contributed by atoms with Gasteiger partial charge in [0.05, 0.1) is 24.5 Å². The molecule has 3 rings (SSSR count). The van der Waals surface area contributed by atoms with Gasteiger partial charge in [0.25, 0.3) is 0 Å². The maximum Gasteiger partial charge on any atom is 0.315 e. The third kappa shape index (κ3) is 3.68. The Bertz CT molecular complexity index is 685. The topological polar surface area (TPSA) is 81.1 Å². The number of carbonyl (C=O) groups is 1. The van der Waals surface area contributed by atoms with Gasteiger partial charge in [0.2, 0.25) is 0 Å². The molecule has 1 fully saturated rings. The second kappa shape index (κ2) is 6.78. The van der Waals surface area contributed by atoms with Gasteiger partial charge in [0.1, 0.15) is 6.10 Å². The van der Waals surface area contributed by atoms with Gasteiger partial charge >= 0.3 is 6.03 Å². The van der Waals surface area contributed by atoms with Crippen LogP contribution in [0.25, 0.3) is 0 Å². The van der Waals surface area contributed by atoms with Gasteiger partial charge in [-0.2, -0.15) is 5.10 Å². The van der Waals surface area contributed by atoms with Crippen LogP contribution < -0.4 is 10.6 Å². The first-order chi connectivity index (χ1) is 11.1. The van der Waals surface area contributed by atoms with E-state index in [1.165, 1.54) is 0 Å². The quantitative estimate of drug-likeness (QED) is 0.895. The molecule has 2 amide bonds. The zero-order valence-corrected chi connectivity index (χ0v) is 13.3. The summed E-state index contributed by atoms with van der Waals surface area (Å²) in [5.41, 5.74) is 2.91. The van der Waals surface area contributed by atoms with Gasteiger partial charge in [-0.3, -0.25) is 9.67 Å². The largest absolute Gasteiger partial charge is 0.371 e. The van der Waals surface area contributed by atoms with Crippen molar-refractivity contribution in [1.29, 1.82) is 0 Å². The molecule has 1 aliphatic heterocycles. The van der Waals surface area contributed by atoms with Gasteiger partial charge in [-0.05, 0) is 25.0 Å². The fourth-order valence-corrected chi connectivity index (χ4v) is 2.74. The Balaban J connectivity index is 1.56. The summed E-state index contributed by atoms with van der Waals surface area (Å²) < 4.78 is 7.47. The van der Waals surface area contributed by atoms with E-state index in [0.29, 0.717) is 13.2 Å². The first-order valence-electron chi connectivity index (χ1n) is 7.68. The van der Waals surface area contributed by atoms with E-state index in [0.717, 1.165) is 23.2 Å². The fraction of sp³-hybridized carbons (Fsp3) is 0.438. The Kier molecular flexibility index (Phi) is 4.57. The maximum absolute atomic E-state index is 12.1. The van der Waals surface area contributed by atoms with E-state index in [4.69, 9.17) is 4.74 Å². The van der Waals surface area contributed by atoms with Gasteiger partial charge in [0, 0.05) is 31.6 Å². The second-order valence-electron chi connectivity index (χ2n) is 5.73. The van der Waals surface area contributed by atoms with E-state index in [-0.39, 0.29) is 18.2 Å². The van der Waals surface area contributed by atoms with Crippen molar-refractivity contribution in [1.82, 2.24) is 25.4 Å². The Morgan fingerprint density at radius 3 is 3.13 bits per heavy atom. The molecule has 1 saturated heterocycles. The van der Waals surface area contributed by atoms with Crippen molar-refractivity contribution in [2.75, 3.05) is 6.61 Å². The SMILES string of the molecule is Cc1cccnc1CNC(=O)N[C@H]1CCO[C@@H]1c1cnn(C)c1. The summed E-state index contributed by atoms with van der Waals surface area (Å²) in [6.07, 6.45) is 6.06. The van der Waals surface area contributed by atoms with Crippen LogP contribution in [-0.2, 0) is 18.3 Å². The van der Waals surface area contributed by atoms with E-state index in [9.17, 15) is 4.79 Å². The fourth-order valence-electron chi connectivity index (χ4n) is 2.74. The van der Waals surface area contributed by atoms with Crippen LogP contribution in [-0.4, -0.2) is 33.4 Å². The number of hydrogen-bond acceptors (Lipinski definition) is 4. The number of carbonyl (C=O) groups excluding carboxylic acids is 1. The number of rotatable bonds is 4. The average Bonchev–Trinajstić information content (AvgIpc) is 3.15. The van der Waals surface area contributed by atoms with Crippen LogP contribution in [0.15, 0.2) is 30.7 Å². The minimum Gasteiger partial charge on any atom is -0.371 e. The van der Waals surface area contributed by atoms with Gasteiger partial charge < -0.3 is 15.4 Å². The molecular formula is C16H21N5O2. The highest BCUT2D eigenvalue weighted by molar-refractivity contribution is 5.74. The van der Waals surface area contributed by atoms with Crippen LogP contribution in [0.3, 0.4) is 0 Å². The number of pyridine rings is 1. The summed E-state index contributed by atoms with van der Waals surface area (Å²) in [4.78, 5) is 16.4. The van der Waals surface area contributed by atoms with Crippen molar-refractivity contribution in [3.05, 3.63) is 47.5 Å². The summed E-state index contributed by atoms with van der Waals surface area (Å²) in [6, 6.07) is 3.60. The van der Waals surface area contributed by atoms with Crippen molar-refractivity contribution < 1.29 is 9.53 Å². The monoisotopic (exact) mass is 315 g/mol. The second-order valence-corrected chi connectivity index (χ2v) is 5.73. The molecule has 2 aromatic rings. The minimum absolute atomic E-state index is 0.0518. The number of ether oxygens (including phenoxy) is 1. The molecule has 23 heavy (non-hydrogen) atoms. The highest BCUT2D eigenvalue weighted by Gasteiger charge is 2.31. The van der Waals surface area contributed by atoms with Crippen LogP contribution in [0.4, 0.5) is 4.79 Å². The Labute approximate surface area is 135 Å². The first kappa shape index (κ1) is 15.5. The molecule has 0 radical (unpaired) electrons. The van der Waals surface area contributed by atoms with E-state index >= 15 is 0 Å². The normalized spacial score (nSPS) is 20.4. The van der Waals surface area contributed by atoms with Crippen molar-refractivity contribution in [2.24, 2.45) is 7.05 Å². The molecular weight excluding hydrogens is 294 g/mol. The first-order valence-corrected chi connectivity index (χ1v) is 7.68. The number of nitrogens with one attached hydrogen (secondary N) is 2. The molecule has 0 saturated carbocycles. The van der Waals surface area contributed by atoms with Gasteiger partial charge in [-0.25, -0.2) is 4.79 Å². The number of hydrogen-bond donors (Lipinski definition) is 2. The Hall–Kier alpha value is -2.41. The van der Waals surface area contributed by atoms with Crippen LogP contribution in [0, 0.1) is 6.92 Å². The van der Waals surface area contributed by atoms with Gasteiger partial charge in [-0.15, -0.1) is 0 Å². The number of aromatic nitrogens is 3.